The fraction of sp³-hybridized carbons (Fsp3) is 0.250. The average Bonchev–Trinajstić information content (AvgIpc) is 3.33. The number of rotatable bonds is 4. The molecule has 6 aromatic rings. The first kappa shape index (κ1) is 26.0. The lowest BCUT2D eigenvalue weighted by Crippen LogP contribution is -2.57. The van der Waals surface area contributed by atoms with E-state index in [1.165, 1.54) is 91.2 Å². The van der Waals surface area contributed by atoms with Gasteiger partial charge in [0.05, 0.1) is 11.4 Å². The molecule has 216 valence electrons. The molecule has 3 aliphatic rings. The van der Waals surface area contributed by atoms with Gasteiger partial charge < -0.3 is 14.1 Å². The Morgan fingerprint density at radius 2 is 1.61 bits per heavy atom. The van der Waals surface area contributed by atoms with Gasteiger partial charge >= 0.3 is 6.85 Å². The molecule has 9 rings (SSSR count). The number of benzene rings is 5. The number of nitrogens with zero attached hydrogens (tertiary/aromatic N) is 2. The van der Waals surface area contributed by atoms with Gasteiger partial charge in [-0.15, -0.1) is 0 Å². The summed E-state index contributed by atoms with van der Waals surface area (Å²) in [5, 5.41) is 2.75. The molecular formula is C40H37BN2O. The largest absolute Gasteiger partial charge is 0.453 e. The monoisotopic (exact) mass is 572 g/mol. The minimum absolute atomic E-state index is 0.0552. The maximum absolute atomic E-state index is 6.59. The van der Waals surface area contributed by atoms with E-state index >= 15 is 0 Å². The summed E-state index contributed by atoms with van der Waals surface area (Å²) in [4.78, 5) is 2.47. The second kappa shape index (κ2) is 9.05. The smallest absolute Gasteiger partial charge is 0.333 e. The third kappa shape index (κ3) is 3.46. The summed E-state index contributed by atoms with van der Waals surface area (Å²) in [5.74, 6) is 1.83. The molecule has 44 heavy (non-hydrogen) atoms. The molecule has 3 nitrogen and oxygen atoms in total. The van der Waals surface area contributed by atoms with Crippen LogP contribution in [0.5, 0.6) is 11.5 Å². The second-order valence-electron chi connectivity index (χ2n) is 14.1. The average molecular weight is 573 g/mol. The van der Waals surface area contributed by atoms with Gasteiger partial charge in [0.15, 0.2) is 11.5 Å². The first-order chi connectivity index (χ1) is 21.3. The van der Waals surface area contributed by atoms with Crippen molar-refractivity contribution in [2.75, 3.05) is 4.90 Å². The molecule has 0 radical (unpaired) electrons. The Morgan fingerprint density at radius 3 is 2.45 bits per heavy atom. The van der Waals surface area contributed by atoms with Crippen LogP contribution >= 0.6 is 0 Å². The van der Waals surface area contributed by atoms with E-state index in [0.717, 1.165) is 23.6 Å². The quantitative estimate of drug-likeness (QED) is 0.154. The zero-order valence-electron chi connectivity index (χ0n) is 26.3. The van der Waals surface area contributed by atoms with Gasteiger partial charge in [-0.05, 0) is 107 Å². The van der Waals surface area contributed by atoms with Crippen LogP contribution in [0.3, 0.4) is 0 Å². The van der Waals surface area contributed by atoms with Crippen molar-refractivity contribution in [3.63, 3.8) is 0 Å². The van der Waals surface area contributed by atoms with Crippen molar-refractivity contribution in [3.05, 3.63) is 102 Å². The molecule has 0 fully saturated rings. The summed E-state index contributed by atoms with van der Waals surface area (Å²) in [6, 6.07) is 32.2. The first-order valence-corrected chi connectivity index (χ1v) is 16.3. The fourth-order valence-corrected chi connectivity index (χ4v) is 8.10. The van der Waals surface area contributed by atoms with Crippen LogP contribution in [0.25, 0.3) is 32.9 Å². The highest BCUT2D eigenvalue weighted by atomic mass is 16.5. The molecule has 0 bridgehead atoms. The van der Waals surface area contributed by atoms with Gasteiger partial charge in [0, 0.05) is 33.1 Å². The Hall–Kier alpha value is -4.44. The molecule has 0 saturated carbocycles. The zero-order valence-corrected chi connectivity index (χ0v) is 26.3. The van der Waals surface area contributed by atoms with E-state index in [-0.39, 0.29) is 12.3 Å². The van der Waals surface area contributed by atoms with Crippen LogP contribution in [0.1, 0.15) is 63.6 Å². The summed E-state index contributed by atoms with van der Waals surface area (Å²) in [5.41, 5.74) is 15.8. The molecule has 4 heteroatoms. The first-order valence-electron chi connectivity index (χ1n) is 16.3. The van der Waals surface area contributed by atoms with Crippen LogP contribution in [0.15, 0.2) is 84.9 Å². The SMILES string of the molecule is CCCCCc1cc2c3c(c1)c1cc(C(C)(C)C)ccc1n3B1c3cccc4c3N(c3ccccc3O4)c3cc(C)cc-2c31. The minimum atomic E-state index is 0.0552. The fourth-order valence-electron chi connectivity index (χ4n) is 8.10. The number of para-hydroxylation sites is 3. The third-order valence-corrected chi connectivity index (χ3v) is 10.1. The Morgan fingerprint density at radius 1 is 0.773 bits per heavy atom. The molecular weight excluding hydrogens is 535 g/mol. The van der Waals surface area contributed by atoms with Crippen molar-refractivity contribution >= 4 is 56.6 Å². The summed E-state index contributed by atoms with van der Waals surface area (Å²) in [7, 11) is 0. The van der Waals surface area contributed by atoms with Gasteiger partial charge in [-0.1, -0.05) is 76.9 Å². The second-order valence-corrected chi connectivity index (χ2v) is 14.1. The van der Waals surface area contributed by atoms with Crippen molar-refractivity contribution in [3.8, 4) is 22.6 Å². The van der Waals surface area contributed by atoms with Gasteiger partial charge in [-0.2, -0.15) is 0 Å². The van der Waals surface area contributed by atoms with Crippen LogP contribution in [0.2, 0.25) is 0 Å². The molecule has 0 aliphatic carbocycles. The minimum Gasteiger partial charge on any atom is -0.453 e. The van der Waals surface area contributed by atoms with E-state index in [9.17, 15) is 0 Å². The molecule has 4 heterocycles. The number of hydrogen-bond donors (Lipinski definition) is 0. The van der Waals surface area contributed by atoms with Crippen LogP contribution in [0.4, 0.5) is 17.1 Å². The molecule has 0 saturated heterocycles. The number of aromatic nitrogens is 1. The molecule has 0 spiro atoms. The summed E-state index contributed by atoms with van der Waals surface area (Å²) < 4.78 is 9.25. The van der Waals surface area contributed by atoms with Crippen molar-refractivity contribution < 1.29 is 4.74 Å². The Labute approximate surface area is 260 Å². The van der Waals surface area contributed by atoms with Crippen molar-refractivity contribution in [1.82, 2.24) is 4.48 Å². The molecule has 5 aromatic carbocycles. The number of fused-ring (bicyclic) bond motifs is 9. The van der Waals surface area contributed by atoms with Crippen LogP contribution in [0, 0.1) is 6.92 Å². The predicted molar refractivity (Wildman–Crippen MR) is 187 cm³/mol. The van der Waals surface area contributed by atoms with Gasteiger partial charge in [-0.3, -0.25) is 0 Å². The Balaban J connectivity index is 1.43. The third-order valence-electron chi connectivity index (χ3n) is 10.1. The Bertz CT molecular complexity index is 2180. The van der Waals surface area contributed by atoms with E-state index < -0.39 is 0 Å². The van der Waals surface area contributed by atoms with Gasteiger partial charge in [0.2, 0.25) is 0 Å². The van der Waals surface area contributed by atoms with E-state index in [1.807, 2.05) is 0 Å². The highest BCUT2D eigenvalue weighted by molar-refractivity contribution is 6.90. The lowest BCUT2D eigenvalue weighted by atomic mass is 9.45. The van der Waals surface area contributed by atoms with Gasteiger partial charge in [-0.25, -0.2) is 0 Å². The topological polar surface area (TPSA) is 17.4 Å². The number of aryl methyl sites for hydroxylation is 2. The normalized spacial score (nSPS) is 14.0. The van der Waals surface area contributed by atoms with Gasteiger partial charge in [0.1, 0.15) is 0 Å². The number of unbranched alkanes of at least 4 members (excludes halogenated alkanes) is 2. The maximum Gasteiger partial charge on any atom is 0.333 e. The van der Waals surface area contributed by atoms with Gasteiger partial charge in [0.25, 0.3) is 0 Å². The Kier molecular flexibility index (Phi) is 5.35. The van der Waals surface area contributed by atoms with Crippen LogP contribution < -0.4 is 20.6 Å². The highest BCUT2D eigenvalue weighted by Crippen LogP contribution is 2.53. The summed E-state index contributed by atoms with van der Waals surface area (Å²) >= 11 is 0. The molecule has 0 N–H and O–H groups in total. The van der Waals surface area contributed by atoms with Crippen LogP contribution in [-0.2, 0) is 11.8 Å². The number of ether oxygens (including phenoxy) is 1. The van der Waals surface area contributed by atoms with E-state index in [2.05, 4.69) is 129 Å². The summed E-state index contributed by atoms with van der Waals surface area (Å²) in [6.45, 7) is 11.6. The lowest BCUT2D eigenvalue weighted by molar-refractivity contribution is 0.477. The summed E-state index contributed by atoms with van der Waals surface area (Å²) in [6.07, 6.45) is 4.84. The van der Waals surface area contributed by atoms with Crippen molar-refractivity contribution in [2.24, 2.45) is 0 Å². The van der Waals surface area contributed by atoms with E-state index in [1.54, 1.807) is 0 Å². The van der Waals surface area contributed by atoms with Crippen LogP contribution in [-0.4, -0.2) is 11.3 Å². The molecule has 3 aliphatic heterocycles. The number of anilines is 3. The molecule has 0 atom stereocenters. The zero-order chi connectivity index (χ0) is 29.9. The van der Waals surface area contributed by atoms with E-state index in [4.69, 9.17) is 4.74 Å². The standard InChI is InChI=1S/C40H37BN2O/c1-6-7-8-12-25-21-29-27-23-26(40(3,4)5)17-18-32(27)43-38(29)30(22-25)28-19-24(2)20-34-37(28)41(43)31-13-11-16-36-39(31)42(34)33-14-9-10-15-35(33)44-36/h9-11,13-23H,6-8,12H2,1-5H3. The molecule has 0 amide bonds. The van der Waals surface area contributed by atoms with Crippen molar-refractivity contribution in [2.45, 2.75) is 65.7 Å². The number of hydrogen-bond acceptors (Lipinski definition) is 2. The van der Waals surface area contributed by atoms with Crippen molar-refractivity contribution in [1.29, 1.82) is 0 Å². The maximum atomic E-state index is 6.59. The lowest BCUT2D eigenvalue weighted by Gasteiger charge is -2.43. The molecule has 1 aromatic heterocycles. The highest BCUT2D eigenvalue weighted by Gasteiger charge is 2.45. The van der Waals surface area contributed by atoms with E-state index in [0.29, 0.717) is 0 Å². The molecule has 0 unspecified atom stereocenters. The predicted octanol–water partition coefficient (Wildman–Crippen LogP) is 9.66.